The lowest BCUT2D eigenvalue weighted by Gasteiger charge is -2.10. The van der Waals surface area contributed by atoms with E-state index in [2.05, 4.69) is 0 Å². The lowest BCUT2D eigenvalue weighted by molar-refractivity contribution is -0.124. The van der Waals surface area contributed by atoms with Gasteiger partial charge in [0, 0.05) is 12.5 Å². The zero-order valence-corrected chi connectivity index (χ0v) is 10.4. The summed E-state index contributed by atoms with van der Waals surface area (Å²) in [6.07, 6.45) is 0.739. The van der Waals surface area contributed by atoms with Crippen LogP contribution >= 0.6 is 11.6 Å². The topological polar surface area (TPSA) is 59.3 Å². The van der Waals surface area contributed by atoms with Crippen molar-refractivity contribution < 1.29 is 14.3 Å². The van der Waals surface area contributed by atoms with Crippen molar-refractivity contribution in [3.05, 3.63) is 28.8 Å². The molecule has 18 heavy (non-hydrogen) atoms. The molecule has 1 heterocycles. The number of carbonyl (C=O) groups excluding carboxylic acids is 1. The van der Waals surface area contributed by atoms with Gasteiger partial charge in [0.25, 0.3) is 0 Å². The maximum atomic E-state index is 11.8. The molecule has 0 aliphatic carbocycles. The first kappa shape index (κ1) is 12.9. The first-order chi connectivity index (χ1) is 8.72. The third kappa shape index (κ3) is 2.81. The van der Waals surface area contributed by atoms with Crippen LogP contribution in [0.3, 0.4) is 0 Å². The number of ketones is 1. The maximum Gasteiger partial charge on any atom is 0.175 e. The Morgan fingerprint density at radius 3 is 3.11 bits per heavy atom. The number of rotatable bonds is 4. The number of halogens is 1. The van der Waals surface area contributed by atoms with Crippen molar-refractivity contribution >= 4 is 17.4 Å². The van der Waals surface area contributed by atoms with Gasteiger partial charge >= 0.3 is 0 Å². The second-order valence-corrected chi connectivity index (χ2v) is 4.45. The Labute approximate surface area is 110 Å². The third-order valence-corrected chi connectivity index (χ3v) is 3.16. The number of carbonyl (C=O) groups is 1. The van der Waals surface area contributed by atoms with Crippen LogP contribution in [0.15, 0.2) is 18.2 Å². The van der Waals surface area contributed by atoms with Gasteiger partial charge in [-0.3, -0.25) is 4.79 Å². The molecule has 94 valence electrons. The molecule has 0 aromatic heterocycles. The van der Waals surface area contributed by atoms with Crippen LogP contribution in [0.2, 0.25) is 5.02 Å². The first-order valence-electron chi connectivity index (χ1n) is 5.64. The van der Waals surface area contributed by atoms with Crippen molar-refractivity contribution in [1.82, 2.24) is 0 Å². The molecule has 0 amide bonds. The van der Waals surface area contributed by atoms with Crippen molar-refractivity contribution in [2.45, 2.75) is 6.42 Å². The highest BCUT2D eigenvalue weighted by Gasteiger charge is 2.24. The second kappa shape index (κ2) is 5.85. The summed E-state index contributed by atoms with van der Waals surface area (Å²) in [6, 6.07) is 6.88. The third-order valence-electron chi connectivity index (χ3n) is 2.84. The van der Waals surface area contributed by atoms with Crippen LogP contribution in [0, 0.1) is 17.2 Å². The van der Waals surface area contributed by atoms with E-state index in [1.807, 2.05) is 6.07 Å². The molecule has 0 N–H and O–H groups in total. The Kier molecular flexibility index (Phi) is 4.19. The van der Waals surface area contributed by atoms with Gasteiger partial charge in [-0.1, -0.05) is 17.7 Å². The first-order valence-corrected chi connectivity index (χ1v) is 6.02. The van der Waals surface area contributed by atoms with Crippen LogP contribution < -0.4 is 4.74 Å². The summed E-state index contributed by atoms with van der Waals surface area (Å²) in [5.74, 6) is 0.253. The Balaban J connectivity index is 2.00. The number of ether oxygens (including phenoxy) is 2. The molecular formula is C13H12ClNO3. The predicted molar refractivity (Wildman–Crippen MR) is 65.6 cm³/mol. The Morgan fingerprint density at radius 1 is 1.61 bits per heavy atom. The molecule has 0 bridgehead atoms. The molecule has 5 heteroatoms. The molecule has 1 atom stereocenters. The fourth-order valence-corrected chi connectivity index (χ4v) is 2.00. The van der Waals surface area contributed by atoms with E-state index in [0.717, 1.165) is 6.42 Å². The van der Waals surface area contributed by atoms with Gasteiger partial charge in [0.15, 0.2) is 5.78 Å². The fraction of sp³-hybridized carbons (Fsp3) is 0.385. The smallest absolute Gasteiger partial charge is 0.175 e. The van der Waals surface area contributed by atoms with E-state index in [1.54, 1.807) is 18.2 Å². The minimum absolute atomic E-state index is 0.00337. The van der Waals surface area contributed by atoms with Crippen molar-refractivity contribution in [1.29, 1.82) is 5.26 Å². The molecule has 2 rings (SSSR count). The number of hydrogen-bond acceptors (Lipinski definition) is 4. The van der Waals surface area contributed by atoms with Crippen molar-refractivity contribution in [2.24, 2.45) is 5.92 Å². The molecule has 0 saturated carbocycles. The van der Waals surface area contributed by atoms with Gasteiger partial charge in [-0.25, -0.2) is 0 Å². The van der Waals surface area contributed by atoms with Gasteiger partial charge < -0.3 is 9.47 Å². The maximum absolute atomic E-state index is 11.8. The number of Topliss-reactive ketones (excluding diaryl/α,β-unsaturated/α-hetero) is 1. The average molecular weight is 266 g/mol. The Hall–Kier alpha value is -1.57. The number of hydrogen-bond donors (Lipinski definition) is 0. The molecule has 1 aliphatic heterocycles. The number of benzene rings is 1. The SMILES string of the molecule is N#Cc1c(Cl)cccc1OCC(=O)C1CCOC1. The summed E-state index contributed by atoms with van der Waals surface area (Å²) in [6.45, 7) is 1.03. The standard InChI is InChI=1S/C13H12ClNO3/c14-11-2-1-3-13(10(11)6-15)18-8-12(16)9-4-5-17-7-9/h1-3,9H,4-5,7-8H2. The van der Waals surface area contributed by atoms with Crippen LogP contribution in [-0.2, 0) is 9.53 Å². The van der Waals surface area contributed by atoms with E-state index < -0.39 is 0 Å². The number of nitrogens with zero attached hydrogens (tertiary/aromatic N) is 1. The lowest BCUT2D eigenvalue weighted by atomic mass is 10.0. The van der Waals surface area contributed by atoms with E-state index in [4.69, 9.17) is 26.3 Å². The highest BCUT2D eigenvalue weighted by atomic mass is 35.5. The van der Waals surface area contributed by atoms with Crippen molar-refractivity contribution in [2.75, 3.05) is 19.8 Å². The summed E-state index contributed by atoms with van der Waals surface area (Å²) in [4.78, 5) is 11.8. The highest BCUT2D eigenvalue weighted by molar-refractivity contribution is 6.31. The van der Waals surface area contributed by atoms with E-state index in [9.17, 15) is 4.79 Å². The monoisotopic (exact) mass is 265 g/mol. The molecule has 1 aromatic carbocycles. The van der Waals surface area contributed by atoms with Gasteiger partial charge in [0.1, 0.15) is 24.0 Å². The number of nitriles is 1. The molecule has 1 aliphatic rings. The molecule has 0 spiro atoms. The van der Waals surface area contributed by atoms with Crippen LogP contribution in [0.25, 0.3) is 0 Å². The lowest BCUT2D eigenvalue weighted by Crippen LogP contribution is -2.21. The summed E-state index contributed by atoms with van der Waals surface area (Å²) >= 11 is 5.86. The largest absolute Gasteiger partial charge is 0.484 e. The quantitative estimate of drug-likeness (QED) is 0.837. The molecular weight excluding hydrogens is 254 g/mol. The van der Waals surface area contributed by atoms with Gasteiger partial charge in [-0.15, -0.1) is 0 Å². The normalized spacial score (nSPS) is 18.3. The minimum atomic E-state index is -0.0882. The minimum Gasteiger partial charge on any atom is -0.484 e. The second-order valence-electron chi connectivity index (χ2n) is 4.04. The van der Waals surface area contributed by atoms with E-state index >= 15 is 0 Å². The van der Waals surface area contributed by atoms with E-state index in [1.165, 1.54) is 0 Å². The molecule has 1 aromatic rings. The van der Waals surface area contributed by atoms with Gasteiger partial charge in [-0.05, 0) is 18.6 Å². The van der Waals surface area contributed by atoms with Crippen LogP contribution in [0.5, 0.6) is 5.75 Å². The summed E-state index contributed by atoms with van der Waals surface area (Å²) in [5, 5.41) is 9.28. The Morgan fingerprint density at radius 2 is 2.44 bits per heavy atom. The molecule has 4 nitrogen and oxygen atoms in total. The summed E-state index contributed by atoms with van der Waals surface area (Å²) in [7, 11) is 0. The molecule has 0 radical (unpaired) electrons. The van der Waals surface area contributed by atoms with Gasteiger partial charge in [-0.2, -0.15) is 5.26 Å². The average Bonchev–Trinajstić information content (AvgIpc) is 2.90. The van der Waals surface area contributed by atoms with E-state index in [0.29, 0.717) is 24.0 Å². The summed E-state index contributed by atoms with van der Waals surface area (Å²) < 4.78 is 10.5. The Bertz CT molecular complexity index is 489. The zero-order valence-electron chi connectivity index (χ0n) is 9.69. The van der Waals surface area contributed by atoms with Crippen LogP contribution in [0.1, 0.15) is 12.0 Å². The summed E-state index contributed by atoms with van der Waals surface area (Å²) in [5.41, 5.74) is 0.259. The van der Waals surface area contributed by atoms with Gasteiger partial charge in [0.05, 0.1) is 11.6 Å². The highest BCUT2D eigenvalue weighted by Crippen LogP contribution is 2.25. The van der Waals surface area contributed by atoms with E-state index in [-0.39, 0.29) is 23.9 Å². The van der Waals surface area contributed by atoms with Gasteiger partial charge in [0.2, 0.25) is 0 Å². The molecule has 1 unspecified atom stereocenters. The van der Waals surface area contributed by atoms with Crippen LogP contribution in [-0.4, -0.2) is 25.6 Å². The molecule has 1 fully saturated rings. The van der Waals surface area contributed by atoms with Crippen LogP contribution in [0.4, 0.5) is 0 Å². The zero-order chi connectivity index (χ0) is 13.0. The van der Waals surface area contributed by atoms with Crippen molar-refractivity contribution in [3.63, 3.8) is 0 Å². The van der Waals surface area contributed by atoms with Crippen molar-refractivity contribution in [3.8, 4) is 11.8 Å². The fourth-order valence-electron chi connectivity index (χ4n) is 1.79. The predicted octanol–water partition coefficient (Wildman–Crippen LogP) is 2.20. The molecule has 1 saturated heterocycles.